The zero-order valence-corrected chi connectivity index (χ0v) is 17.6. The van der Waals surface area contributed by atoms with Crippen LogP contribution in [0.5, 0.6) is 0 Å². The van der Waals surface area contributed by atoms with E-state index in [1.54, 1.807) is 4.90 Å². The van der Waals surface area contributed by atoms with Crippen molar-refractivity contribution in [1.82, 2.24) is 4.90 Å². The zero-order chi connectivity index (χ0) is 20.9. The van der Waals surface area contributed by atoms with Gasteiger partial charge in [-0.25, -0.2) is 9.59 Å². The van der Waals surface area contributed by atoms with E-state index in [1.165, 1.54) is 10.5 Å². The first-order valence-electron chi connectivity index (χ1n) is 9.74. The summed E-state index contributed by atoms with van der Waals surface area (Å²) in [6, 6.07) is 6.32. The van der Waals surface area contributed by atoms with E-state index in [9.17, 15) is 14.7 Å². The van der Waals surface area contributed by atoms with Crippen LogP contribution in [0.3, 0.4) is 0 Å². The van der Waals surface area contributed by atoms with Gasteiger partial charge in [-0.05, 0) is 56.4 Å². The van der Waals surface area contributed by atoms with E-state index in [4.69, 9.17) is 4.74 Å². The number of carbonyl (C=O) groups excluding carboxylic acids is 1. The van der Waals surface area contributed by atoms with Crippen LogP contribution in [0.2, 0.25) is 0 Å². The second-order valence-electron chi connectivity index (χ2n) is 9.79. The molecule has 0 radical (unpaired) electrons. The normalized spacial score (nSPS) is 21.9. The summed E-state index contributed by atoms with van der Waals surface area (Å²) in [5.41, 5.74) is 2.67. The lowest BCUT2D eigenvalue weighted by molar-refractivity contribution is 0.0605. The molecular weight excluding hydrogens is 358 g/mol. The number of cyclic esters (lactones) is 1. The third-order valence-corrected chi connectivity index (χ3v) is 5.50. The number of carbonyl (C=O) groups is 2. The highest BCUT2D eigenvalue weighted by atomic mass is 16.6. The monoisotopic (exact) mass is 389 g/mol. The van der Waals surface area contributed by atoms with Crippen LogP contribution < -0.4 is 10.2 Å². The van der Waals surface area contributed by atoms with Crippen molar-refractivity contribution in [2.24, 2.45) is 5.41 Å². The Morgan fingerprint density at radius 1 is 1.29 bits per heavy atom. The quantitative estimate of drug-likeness (QED) is 0.811. The average molecular weight is 389 g/mol. The highest BCUT2D eigenvalue weighted by molar-refractivity contribution is 5.90. The van der Waals surface area contributed by atoms with Gasteiger partial charge >= 0.3 is 12.2 Å². The molecule has 2 atom stereocenters. The molecule has 0 aromatic heterocycles. The molecule has 0 spiro atoms. The van der Waals surface area contributed by atoms with Crippen molar-refractivity contribution < 1.29 is 19.4 Å². The fourth-order valence-electron chi connectivity index (χ4n) is 3.71. The molecule has 1 aromatic rings. The highest BCUT2D eigenvalue weighted by Crippen LogP contribution is 2.37. The maximum absolute atomic E-state index is 12.4. The number of hydrogen-bond acceptors (Lipinski definition) is 4. The summed E-state index contributed by atoms with van der Waals surface area (Å²) in [7, 11) is 0. The van der Waals surface area contributed by atoms with Crippen molar-refractivity contribution in [1.29, 1.82) is 0 Å². The average Bonchev–Trinajstić information content (AvgIpc) is 3.13. The fourth-order valence-corrected chi connectivity index (χ4v) is 3.71. The van der Waals surface area contributed by atoms with E-state index >= 15 is 0 Å². The van der Waals surface area contributed by atoms with Gasteiger partial charge in [0.25, 0.3) is 0 Å². The van der Waals surface area contributed by atoms with Gasteiger partial charge in [0.1, 0.15) is 6.10 Å². The Balaban J connectivity index is 1.73. The molecule has 1 aromatic carbocycles. The number of anilines is 2. The van der Waals surface area contributed by atoms with Crippen molar-refractivity contribution >= 4 is 23.6 Å². The lowest BCUT2D eigenvalue weighted by Gasteiger charge is -2.34. The predicted molar refractivity (Wildman–Crippen MR) is 109 cm³/mol. The van der Waals surface area contributed by atoms with Crippen LogP contribution in [0.15, 0.2) is 18.2 Å². The summed E-state index contributed by atoms with van der Waals surface area (Å²) in [6.07, 6.45) is -1.02. The van der Waals surface area contributed by atoms with Gasteiger partial charge in [-0.2, -0.15) is 0 Å². The first-order chi connectivity index (χ1) is 12.9. The topological polar surface area (TPSA) is 82.1 Å². The van der Waals surface area contributed by atoms with E-state index in [0.717, 1.165) is 17.8 Å². The molecule has 154 valence electrons. The molecule has 2 heterocycles. The van der Waals surface area contributed by atoms with Crippen LogP contribution >= 0.6 is 0 Å². The van der Waals surface area contributed by atoms with Crippen molar-refractivity contribution in [2.75, 3.05) is 23.3 Å². The minimum absolute atomic E-state index is 0.143. The largest absolute Gasteiger partial charge is 0.465 e. The van der Waals surface area contributed by atoms with Crippen molar-refractivity contribution in [3.8, 4) is 0 Å². The minimum Gasteiger partial charge on any atom is -0.465 e. The molecule has 2 amide bonds. The number of amides is 2. The molecule has 2 N–H and O–H groups in total. The lowest BCUT2D eigenvalue weighted by atomic mass is 9.85. The van der Waals surface area contributed by atoms with Crippen LogP contribution in [0.1, 0.15) is 47.1 Å². The van der Waals surface area contributed by atoms with Crippen LogP contribution in [0, 0.1) is 5.41 Å². The Bertz CT molecular complexity index is 779. The number of rotatable bonds is 3. The zero-order valence-electron chi connectivity index (χ0n) is 17.6. The molecule has 2 aliphatic rings. The summed E-state index contributed by atoms with van der Waals surface area (Å²) < 4.78 is 5.47. The number of nitrogens with one attached hydrogen (secondary N) is 1. The Morgan fingerprint density at radius 2 is 1.96 bits per heavy atom. The van der Waals surface area contributed by atoms with Gasteiger partial charge in [-0.1, -0.05) is 20.8 Å². The van der Waals surface area contributed by atoms with Crippen LogP contribution in [0.4, 0.5) is 21.0 Å². The Hall–Kier alpha value is -2.44. The van der Waals surface area contributed by atoms with Gasteiger partial charge in [0.05, 0.1) is 13.1 Å². The fraction of sp³-hybridized carbons (Fsp3) is 0.619. The Kier molecular flexibility index (Phi) is 4.98. The SMILES string of the molecule is CC(C)(C)C1Cc2cc(N3C[C@@H](CN(C(=O)O)C(C)(C)C)OC3=O)ccc2N1. The van der Waals surface area contributed by atoms with Crippen LogP contribution in [0.25, 0.3) is 0 Å². The minimum atomic E-state index is -1.01. The molecular formula is C21H31N3O4. The number of fused-ring (bicyclic) bond motifs is 1. The van der Waals surface area contributed by atoms with E-state index in [0.29, 0.717) is 12.6 Å². The Morgan fingerprint density at radius 3 is 2.54 bits per heavy atom. The maximum atomic E-state index is 12.4. The molecule has 2 aliphatic heterocycles. The smallest absolute Gasteiger partial charge is 0.414 e. The molecule has 3 rings (SSSR count). The Labute approximate surface area is 166 Å². The molecule has 0 saturated carbocycles. The van der Waals surface area contributed by atoms with Gasteiger partial charge in [0.2, 0.25) is 0 Å². The summed E-state index contributed by atoms with van der Waals surface area (Å²) in [4.78, 5) is 26.9. The van der Waals surface area contributed by atoms with E-state index in [2.05, 4.69) is 26.1 Å². The van der Waals surface area contributed by atoms with Crippen LogP contribution in [-0.2, 0) is 11.2 Å². The maximum Gasteiger partial charge on any atom is 0.414 e. The van der Waals surface area contributed by atoms with Gasteiger partial charge in [-0.3, -0.25) is 9.80 Å². The molecule has 0 bridgehead atoms. The molecule has 0 aliphatic carbocycles. The number of ether oxygens (including phenoxy) is 1. The second kappa shape index (κ2) is 6.87. The molecule has 7 nitrogen and oxygen atoms in total. The molecule has 7 heteroatoms. The predicted octanol–water partition coefficient (Wildman–Crippen LogP) is 4.17. The van der Waals surface area contributed by atoms with Gasteiger partial charge in [0.15, 0.2) is 0 Å². The molecule has 1 fully saturated rings. The van der Waals surface area contributed by atoms with Crippen molar-refractivity contribution in [2.45, 2.75) is 65.6 Å². The molecule has 1 unspecified atom stereocenters. The van der Waals surface area contributed by atoms with Crippen molar-refractivity contribution in [3.63, 3.8) is 0 Å². The van der Waals surface area contributed by atoms with Gasteiger partial charge < -0.3 is 15.2 Å². The number of benzene rings is 1. The first-order valence-corrected chi connectivity index (χ1v) is 9.74. The first kappa shape index (κ1) is 20.3. The van der Waals surface area contributed by atoms with Crippen molar-refractivity contribution in [3.05, 3.63) is 23.8 Å². The number of nitrogens with zero attached hydrogens (tertiary/aromatic N) is 2. The third-order valence-electron chi connectivity index (χ3n) is 5.50. The lowest BCUT2D eigenvalue weighted by Crippen LogP contribution is -2.49. The van der Waals surface area contributed by atoms with E-state index in [1.807, 2.05) is 39.0 Å². The summed E-state index contributed by atoms with van der Waals surface area (Å²) in [5, 5.41) is 13.0. The number of hydrogen-bond donors (Lipinski definition) is 2. The summed E-state index contributed by atoms with van der Waals surface area (Å²) in [6.45, 7) is 12.6. The highest BCUT2D eigenvalue weighted by Gasteiger charge is 2.38. The molecule has 1 saturated heterocycles. The van der Waals surface area contributed by atoms with Crippen LogP contribution in [-0.4, -0.2) is 53.0 Å². The van der Waals surface area contributed by atoms with Gasteiger partial charge in [0, 0.05) is 23.0 Å². The standard InChI is InChI=1S/C21H31N3O4/c1-20(2,3)17-10-13-9-14(7-8-16(13)22-17)23-11-15(28-19(23)27)12-24(18(25)26)21(4,5)6/h7-9,15,17,22H,10-12H2,1-6H3,(H,25,26)/t15-,17?/m0/s1. The van der Waals surface area contributed by atoms with E-state index in [-0.39, 0.29) is 12.0 Å². The molecule has 28 heavy (non-hydrogen) atoms. The number of carboxylic acid groups (broad SMARTS) is 1. The van der Waals surface area contributed by atoms with E-state index < -0.39 is 23.8 Å². The second-order valence-corrected chi connectivity index (χ2v) is 9.79. The summed E-state index contributed by atoms with van der Waals surface area (Å²) >= 11 is 0. The third kappa shape index (κ3) is 4.03. The van der Waals surface area contributed by atoms with Gasteiger partial charge in [-0.15, -0.1) is 0 Å². The summed E-state index contributed by atoms with van der Waals surface area (Å²) in [5.74, 6) is 0.